The second-order valence-electron chi connectivity index (χ2n) is 2.71. The second-order valence-corrected chi connectivity index (χ2v) is 3.10. The number of rotatable bonds is 1. The molecule has 2 heterocycles. The molecule has 2 rings (SSSR count). The van der Waals surface area contributed by atoms with E-state index in [0.29, 0.717) is 5.15 Å². The smallest absolute Gasteiger partial charge is 0.154 e. The first-order valence-corrected chi connectivity index (χ1v) is 4.29. The molecule has 66 valence electrons. The van der Waals surface area contributed by atoms with Crippen LogP contribution in [0.3, 0.4) is 0 Å². The lowest BCUT2D eigenvalue weighted by Gasteiger charge is -1.99. The van der Waals surface area contributed by atoms with Crippen LogP contribution in [0.5, 0.6) is 0 Å². The van der Waals surface area contributed by atoms with Gasteiger partial charge in [-0.25, -0.2) is 9.67 Å². The fraction of sp³-hybridized carbons (Fsp3) is 0.111. The molecule has 0 unspecified atom stereocenters. The van der Waals surface area contributed by atoms with Crippen molar-refractivity contribution in [3.05, 3.63) is 41.3 Å². The topological polar surface area (TPSA) is 30.7 Å². The third-order valence-corrected chi connectivity index (χ3v) is 1.92. The first-order chi connectivity index (χ1) is 6.27. The highest BCUT2D eigenvalue weighted by molar-refractivity contribution is 6.29. The quantitative estimate of drug-likeness (QED) is 0.696. The van der Waals surface area contributed by atoms with E-state index in [9.17, 15) is 0 Å². The van der Waals surface area contributed by atoms with Gasteiger partial charge in [0.2, 0.25) is 0 Å². The predicted octanol–water partition coefficient (Wildman–Crippen LogP) is 2.23. The Labute approximate surface area is 81.0 Å². The molecule has 4 heteroatoms. The van der Waals surface area contributed by atoms with Crippen molar-refractivity contribution < 1.29 is 0 Å². The molecule has 0 N–H and O–H groups in total. The van der Waals surface area contributed by atoms with E-state index in [1.807, 2.05) is 25.1 Å². The molecule has 0 fully saturated rings. The van der Waals surface area contributed by atoms with E-state index >= 15 is 0 Å². The average molecular weight is 194 g/mol. The molecule has 0 spiro atoms. The Morgan fingerprint density at radius 3 is 2.77 bits per heavy atom. The summed E-state index contributed by atoms with van der Waals surface area (Å²) < 4.78 is 1.61. The van der Waals surface area contributed by atoms with Crippen molar-refractivity contribution in [2.75, 3.05) is 0 Å². The lowest BCUT2D eigenvalue weighted by molar-refractivity contribution is 0.833. The van der Waals surface area contributed by atoms with Gasteiger partial charge in [-0.1, -0.05) is 17.7 Å². The molecule has 2 aromatic heterocycles. The van der Waals surface area contributed by atoms with Crippen LogP contribution in [0.15, 0.2) is 30.5 Å². The van der Waals surface area contributed by atoms with Gasteiger partial charge in [-0.05, 0) is 25.1 Å². The summed E-state index contributed by atoms with van der Waals surface area (Å²) in [5, 5.41) is 4.78. The Kier molecular flexibility index (Phi) is 2.02. The van der Waals surface area contributed by atoms with Crippen molar-refractivity contribution in [2.24, 2.45) is 0 Å². The van der Waals surface area contributed by atoms with Crippen molar-refractivity contribution >= 4 is 11.6 Å². The number of aryl methyl sites for hydroxylation is 1. The molecule has 2 aromatic rings. The fourth-order valence-electron chi connectivity index (χ4n) is 1.11. The van der Waals surface area contributed by atoms with Gasteiger partial charge >= 0.3 is 0 Å². The molecular formula is C9H8ClN3. The van der Waals surface area contributed by atoms with Crippen molar-refractivity contribution in [3.8, 4) is 5.82 Å². The maximum absolute atomic E-state index is 5.94. The number of halogens is 1. The summed E-state index contributed by atoms with van der Waals surface area (Å²) in [6.45, 7) is 1.89. The Bertz CT molecular complexity index is 408. The molecule has 0 aliphatic carbocycles. The Morgan fingerprint density at radius 1 is 1.38 bits per heavy atom. The van der Waals surface area contributed by atoms with E-state index in [4.69, 9.17) is 11.6 Å². The third kappa shape index (κ3) is 1.55. The lowest BCUT2D eigenvalue weighted by atomic mass is 10.5. The van der Waals surface area contributed by atoms with Crippen LogP contribution in [0.25, 0.3) is 5.82 Å². The first kappa shape index (κ1) is 8.26. The van der Waals surface area contributed by atoms with E-state index in [1.165, 1.54) is 0 Å². The van der Waals surface area contributed by atoms with Crippen LogP contribution < -0.4 is 0 Å². The highest BCUT2D eigenvalue weighted by Crippen LogP contribution is 2.14. The number of hydrogen-bond acceptors (Lipinski definition) is 2. The average Bonchev–Trinajstić information content (AvgIpc) is 2.47. The molecule has 0 saturated heterocycles. The van der Waals surface area contributed by atoms with Crippen LogP contribution in [0.1, 0.15) is 5.69 Å². The van der Waals surface area contributed by atoms with E-state index in [0.717, 1.165) is 11.5 Å². The van der Waals surface area contributed by atoms with Crippen LogP contribution in [-0.4, -0.2) is 14.8 Å². The van der Waals surface area contributed by atoms with Gasteiger partial charge in [0.05, 0.1) is 5.69 Å². The van der Waals surface area contributed by atoms with Gasteiger partial charge in [0.1, 0.15) is 5.15 Å². The SMILES string of the molecule is Cc1cc(Cl)n(-c2ccccn2)n1. The molecular weight excluding hydrogens is 186 g/mol. The maximum atomic E-state index is 5.94. The molecule has 0 atom stereocenters. The van der Waals surface area contributed by atoms with Crippen molar-refractivity contribution in [3.63, 3.8) is 0 Å². The number of pyridine rings is 1. The summed E-state index contributed by atoms with van der Waals surface area (Å²) in [5.74, 6) is 0.737. The summed E-state index contributed by atoms with van der Waals surface area (Å²) in [6, 6.07) is 7.41. The highest BCUT2D eigenvalue weighted by Gasteiger charge is 2.04. The molecule has 0 aliphatic heterocycles. The summed E-state index contributed by atoms with van der Waals surface area (Å²) in [4.78, 5) is 4.14. The molecule has 0 bridgehead atoms. The lowest BCUT2D eigenvalue weighted by Crippen LogP contribution is -1.98. The summed E-state index contributed by atoms with van der Waals surface area (Å²) >= 11 is 5.94. The largest absolute Gasteiger partial charge is 0.237 e. The number of aromatic nitrogens is 3. The van der Waals surface area contributed by atoms with Crippen molar-refractivity contribution in [2.45, 2.75) is 6.92 Å². The van der Waals surface area contributed by atoms with Gasteiger partial charge in [0.25, 0.3) is 0 Å². The molecule has 13 heavy (non-hydrogen) atoms. The summed E-state index contributed by atoms with van der Waals surface area (Å²) in [6.07, 6.45) is 1.71. The van der Waals surface area contributed by atoms with Gasteiger partial charge in [0, 0.05) is 6.20 Å². The van der Waals surface area contributed by atoms with Gasteiger partial charge in [-0.3, -0.25) is 0 Å². The van der Waals surface area contributed by atoms with Crippen LogP contribution in [0.4, 0.5) is 0 Å². The maximum Gasteiger partial charge on any atom is 0.154 e. The summed E-state index contributed by atoms with van der Waals surface area (Å²) in [7, 11) is 0. The number of nitrogens with zero attached hydrogens (tertiary/aromatic N) is 3. The normalized spacial score (nSPS) is 10.3. The van der Waals surface area contributed by atoms with Gasteiger partial charge in [-0.15, -0.1) is 0 Å². The van der Waals surface area contributed by atoms with Crippen LogP contribution in [-0.2, 0) is 0 Å². The molecule has 0 amide bonds. The minimum atomic E-state index is 0.580. The number of hydrogen-bond donors (Lipinski definition) is 0. The summed E-state index contributed by atoms with van der Waals surface area (Å²) in [5.41, 5.74) is 0.885. The molecule has 0 radical (unpaired) electrons. The zero-order chi connectivity index (χ0) is 9.26. The monoisotopic (exact) mass is 193 g/mol. The minimum absolute atomic E-state index is 0.580. The van der Waals surface area contributed by atoms with E-state index < -0.39 is 0 Å². The molecule has 3 nitrogen and oxygen atoms in total. The standard InChI is InChI=1S/C9H8ClN3/c1-7-6-8(10)13(12-7)9-4-2-3-5-11-9/h2-6H,1H3. The van der Waals surface area contributed by atoms with Crippen LogP contribution in [0, 0.1) is 6.92 Å². The fourth-order valence-corrected chi connectivity index (χ4v) is 1.39. The second kappa shape index (κ2) is 3.18. The molecule has 0 aromatic carbocycles. The minimum Gasteiger partial charge on any atom is -0.237 e. The molecule has 0 saturated carbocycles. The van der Waals surface area contributed by atoms with Crippen LogP contribution in [0.2, 0.25) is 5.15 Å². The Morgan fingerprint density at radius 2 is 2.23 bits per heavy atom. The van der Waals surface area contributed by atoms with Crippen molar-refractivity contribution in [1.29, 1.82) is 0 Å². The zero-order valence-corrected chi connectivity index (χ0v) is 7.86. The van der Waals surface area contributed by atoms with E-state index in [2.05, 4.69) is 10.1 Å². The zero-order valence-electron chi connectivity index (χ0n) is 7.11. The van der Waals surface area contributed by atoms with Crippen molar-refractivity contribution in [1.82, 2.24) is 14.8 Å². The van der Waals surface area contributed by atoms with Gasteiger partial charge in [-0.2, -0.15) is 5.10 Å². The van der Waals surface area contributed by atoms with Crippen LogP contribution >= 0.6 is 11.6 Å². The van der Waals surface area contributed by atoms with Gasteiger partial charge in [0.15, 0.2) is 5.82 Å². The third-order valence-electron chi connectivity index (χ3n) is 1.65. The van der Waals surface area contributed by atoms with E-state index in [-0.39, 0.29) is 0 Å². The van der Waals surface area contributed by atoms with Gasteiger partial charge < -0.3 is 0 Å². The highest BCUT2D eigenvalue weighted by atomic mass is 35.5. The Hall–Kier alpha value is -1.35. The van der Waals surface area contributed by atoms with E-state index in [1.54, 1.807) is 16.9 Å². The Balaban J connectivity index is 2.53. The first-order valence-electron chi connectivity index (χ1n) is 3.91. The molecule has 0 aliphatic rings. The predicted molar refractivity (Wildman–Crippen MR) is 51.1 cm³/mol.